The number of rotatable bonds is 5. The second-order valence-corrected chi connectivity index (χ2v) is 5.64. The Kier molecular flexibility index (Phi) is 5.89. The van der Waals surface area contributed by atoms with Crippen molar-refractivity contribution in [3.63, 3.8) is 0 Å². The first-order chi connectivity index (χ1) is 11.4. The van der Waals surface area contributed by atoms with Gasteiger partial charge in [-0.1, -0.05) is 12.1 Å². The van der Waals surface area contributed by atoms with Crippen LogP contribution in [0.5, 0.6) is 0 Å². The molecule has 2 aromatic rings. The van der Waals surface area contributed by atoms with Gasteiger partial charge in [0.25, 0.3) is 5.91 Å². The third-order valence-electron chi connectivity index (χ3n) is 3.19. The van der Waals surface area contributed by atoms with Gasteiger partial charge in [-0.2, -0.15) is 0 Å². The third kappa shape index (κ3) is 5.39. The highest BCUT2D eigenvalue weighted by Crippen LogP contribution is 2.10. The maximum Gasteiger partial charge on any atom is 0.319 e. The Morgan fingerprint density at radius 3 is 2.21 bits per heavy atom. The predicted molar refractivity (Wildman–Crippen MR) is 91.3 cm³/mol. The highest BCUT2D eigenvalue weighted by atomic mass is 19.1. The molecule has 0 aromatic heterocycles. The van der Waals surface area contributed by atoms with Crippen molar-refractivity contribution in [2.24, 2.45) is 0 Å². The molecule has 3 N–H and O–H groups in total. The standard InChI is InChI=1S/C18H20FN3O2/c1-12(2)21-17(23)14-5-9-16(10-6-14)22-18(24)20-11-13-3-7-15(19)8-4-13/h3-10,12H,11H2,1-2H3,(H,21,23)(H2,20,22,24). The molecule has 0 atom stereocenters. The smallest absolute Gasteiger partial charge is 0.319 e. The van der Waals surface area contributed by atoms with Gasteiger partial charge in [-0.15, -0.1) is 0 Å². The molecule has 0 aliphatic heterocycles. The lowest BCUT2D eigenvalue weighted by atomic mass is 10.2. The first-order valence-corrected chi connectivity index (χ1v) is 7.64. The summed E-state index contributed by atoms with van der Waals surface area (Å²) in [6.07, 6.45) is 0. The van der Waals surface area contributed by atoms with Gasteiger partial charge in [0, 0.05) is 23.8 Å². The summed E-state index contributed by atoms with van der Waals surface area (Å²) in [6, 6.07) is 12.2. The van der Waals surface area contributed by atoms with E-state index in [1.54, 1.807) is 36.4 Å². The minimum Gasteiger partial charge on any atom is -0.350 e. The molecule has 0 heterocycles. The summed E-state index contributed by atoms with van der Waals surface area (Å²) in [5.41, 5.74) is 1.90. The first-order valence-electron chi connectivity index (χ1n) is 7.64. The maximum atomic E-state index is 12.8. The number of anilines is 1. The molecule has 0 radical (unpaired) electrons. The topological polar surface area (TPSA) is 70.2 Å². The summed E-state index contributed by atoms with van der Waals surface area (Å²) in [6.45, 7) is 4.07. The van der Waals surface area contributed by atoms with Crippen molar-refractivity contribution < 1.29 is 14.0 Å². The van der Waals surface area contributed by atoms with E-state index in [1.165, 1.54) is 12.1 Å². The average Bonchev–Trinajstić information content (AvgIpc) is 2.54. The van der Waals surface area contributed by atoms with Crippen LogP contribution in [-0.4, -0.2) is 18.0 Å². The molecule has 0 fully saturated rings. The lowest BCUT2D eigenvalue weighted by Crippen LogP contribution is -2.30. The Bertz CT molecular complexity index is 697. The van der Waals surface area contributed by atoms with Crippen molar-refractivity contribution in [2.45, 2.75) is 26.4 Å². The Balaban J connectivity index is 1.85. The highest BCUT2D eigenvalue weighted by Gasteiger charge is 2.07. The highest BCUT2D eigenvalue weighted by molar-refractivity contribution is 5.95. The Morgan fingerprint density at radius 1 is 1.00 bits per heavy atom. The number of urea groups is 1. The molecule has 0 saturated heterocycles. The summed E-state index contributed by atoms with van der Waals surface area (Å²) in [5, 5.41) is 8.15. The quantitative estimate of drug-likeness (QED) is 0.788. The van der Waals surface area contributed by atoms with Gasteiger partial charge in [-0.3, -0.25) is 4.79 Å². The van der Waals surface area contributed by atoms with Crippen molar-refractivity contribution in [1.29, 1.82) is 0 Å². The lowest BCUT2D eigenvalue weighted by Gasteiger charge is -2.10. The minimum absolute atomic E-state index is 0.0625. The van der Waals surface area contributed by atoms with Crippen LogP contribution in [0.1, 0.15) is 29.8 Å². The molecule has 0 aliphatic rings. The summed E-state index contributed by atoms with van der Waals surface area (Å²) >= 11 is 0. The lowest BCUT2D eigenvalue weighted by molar-refractivity contribution is 0.0943. The van der Waals surface area contributed by atoms with Gasteiger partial charge in [0.1, 0.15) is 5.82 Å². The monoisotopic (exact) mass is 329 g/mol. The normalized spacial score (nSPS) is 10.3. The molecule has 6 heteroatoms. The number of halogens is 1. The zero-order chi connectivity index (χ0) is 17.5. The van der Waals surface area contributed by atoms with Crippen LogP contribution in [0.15, 0.2) is 48.5 Å². The van der Waals surface area contributed by atoms with Crippen LogP contribution in [0.2, 0.25) is 0 Å². The molecule has 0 saturated carbocycles. The van der Waals surface area contributed by atoms with E-state index in [0.717, 1.165) is 5.56 Å². The molecule has 3 amide bonds. The Hall–Kier alpha value is -2.89. The third-order valence-corrected chi connectivity index (χ3v) is 3.19. The molecule has 126 valence electrons. The van der Waals surface area contributed by atoms with Gasteiger partial charge in [-0.05, 0) is 55.8 Å². The van der Waals surface area contributed by atoms with Crippen LogP contribution in [0.4, 0.5) is 14.9 Å². The van der Waals surface area contributed by atoms with Gasteiger partial charge in [0.15, 0.2) is 0 Å². The zero-order valence-electron chi connectivity index (χ0n) is 13.6. The molecule has 24 heavy (non-hydrogen) atoms. The maximum absolute atomic E-state index is 12.8. The van der Waals surface area contributed by atoms with Gasteiger partial charge in [-0.25, -0.2) is 9.18 Å². The first kappa shape index (κ1) is 17.5. The van der Waals surface area contributed by atoms with Crippen LogP contribution < -0.4 is 16.0 Å². The molecule has 2 aromatic carbocycles. The molecule has 0 unspecified atom stereocenters. The number of carbonyl (C=O) groups excluding carboxylic acids is 2. The van der Waals surface area contributed by atoms with Crippen LogP contribution in [0.25, 0.3) is 0 Å². The van der Waals surface area contributed by atoms with Crippen LogP contribution in [0, 0.1) is 5.82 Å². The molecule has 0 aliphatic carbocycles. The van der Waals surface area contributed by atoms with E-state index >= 15 is 0 Å². The Morgan fingerprint density at radius 2 is 1.62 bits per heavy atom. The Labute approximate surface area is 140 Å². The van der Waals surface area contributed by atoms with E-state index in [-0.39, 0.29) is 23.8 Å². The van der Waals surface area contributed by atoms with E-state index < -0.39 is 0 Å². The van der Waals surface area contributed by atoms with Gasteiger partial charge >= 0.3 is 6.03 Å². The van der Waals surface area contributed by atoms with Crippen molar-refractivity contribution in [2.75, 3.05) is 5.32 Å². The second kappa shape index (κ2) is 8.10. The molecule has 0 bridgehead atoms. The summed E-state index contributed by atoms with van der Waals surface area (Å²) in [4.78, 5) is 23.7. The number of nitrogens with one attached hydrogen (secondary N) is 3. The summed E-state index contributed by atoms with van der Waals surface area (Å²) in [5.74, 6) is -0.470. The second-order valence-electron chi connectivity index (χ2n) is 5.64. The van der Waals surface area contributed by atoms with Crippen molar-refractivity contribution >= 4 is 17.6 Å². The van der Waals surface area contributed by atoms with Gasteiger partial charge < -0.3 is 16.0 Å². The van der Waals surface area contributed by atoms with Crippen molar-refractivity contribution in [1.82, 2.24) is 10.6 Å². The SMILES string of the molecule is CC(C)NC(=O)c1ccc(NC(=O)NCc2ccc(F)cc2)cc1. The minimum atomic E-state index is -0.376. The van der Waals surface area contributed by atoms with Crippen LogP contribution in [0.3, 0.4) is 0 Å². The van der Waals surface area contributed by atoms with E-state index in [9.17, 15) is 14.0 Å². The number of benzene rings is 2. The number of amides is 3. The molecule has 0 spiro atoms. The van der Waals surface area contributed by atoms with Crippen LogP contribution in [-0.2, 0) is 6.54 Å². The molecular formula is C18H20FN3O2. The fourth-order valence-electron chi connectivity index (χ4n) is 2.01. The predicted octanol–water partition coefficient (Wildman–Crippen LogP) is 3.29. The van der Waals surface area contributed by atoms with E-state index in [2.05, 4.69) is 16.0 Å². The van der Waals surface area contributed by atoms with E-state index in [4.69, 9.17) is 0 Å². The molecule has 5 nitrogen and oxygen atoms in total. The number of hydrogen-bond donors (Lipinski definition) is 3. The van der Waals surface area contributed by atoms with Gasteiger partial charge in [0.2, 0.25) is 0 Å². The van der Waals surface area contributed by atoms with Gasteiger partial charge in [0.05, 0.1) is 0 Å². The van der Waals surface area contributed by atoms with E-state index in [1.807, 2.05) is 13.8 Å². The summed E-state index contributed by atoms with van der Waals surface area (Å²) in [7, 11) is 0. The fraction of sp³-hybridized carbons (Fsp3) is 0.222. The molecular weight excluding hydrogens is 309 g/mol. The summed E-state index contributed by atoms with van der Waals surface area (Å²) < 4.78 is 12.8. The largest absolute Gasteiger partial charge is 0.350 e. The van der Waals surface area contributed by atoms with E-state index in [0.29, 0.717) is 17.8 Å². The number of hydrogen-bond acceptors (Lipinski definition) is 2. The van der Waals surface area contributed by atoms with Crippen molar-refractivity contribution in [3.05, 3.63) is 65.5 Å². The van der Waals surface area contributed by atoms with Crippen molar-refractivity contribution in [3.8, 4) is 0 Å². The average molecular weight is 329 g/mol. The zero-order valence-corrected chi connectivity index (χ0v) is 13.6. The number of carbonyl (C=O) groups is 2. The van der Waals surface area contributed by atoms with Crippen LogP contribution >= 0.6 is 0 Å². The molecule has 2 rings (SSSR count). The fourth-order valence-corrected chi connectivity index (χ4v) is 2.01.